The molecule has 2 atom stereocenters. The smallest absolute Gasteiger partial charge is 0.328 e. The van der Waals surface area contributed by atoms with Crippen LogP contribution in [0.4, 0.5) is 5.82 Å². The lowest BCUT2D eigenvalue weighted by molar-refractivity contribution is -0.148. The summed E-state index contributed by atoms with van der Waals surface area (Å²) in [4.78, 5) is 36.5. The van der Waals surface area contributed by atoms with Crippen molar-refractivity contribution < 1.29 is 19.1 Å². The molecule has 2 aromatic carbocycles. The summed E-state index contributed by atoms with van der Waals surface area (Å²) in [6, 6.07) is 17.7. The molecule has 3 heterocycles. The topological polar surface area (TPSA) is 193 Å². The summed E-state index contributed by atoms with van der Waals surface area (Å²) < 4.78 is 11.1. The Morgan fingerprint density at radius 2 is 1.72 bits per heavy atom. The van der Waals surface area contributed by atoms with Gasteiger partial charge in [0.2, 0.25) is 5.91 Å². The van der Waals surface area contributed by atoms with Crippen molar-refractivity contribution in [3.05, 3.63) is 75.8 Å². The van der Waals surface area contributed by atoms with Crippen molar-refractivity contribution in [3.63, 3.8) is 0 Å². The number of amides is 1. The summed E-state index contributed by atoms with van der Waals surface area (Å²) in [5.74, 6) is 0.550. The van der Waals surface area contributed by atoms with Gasteiger partial charge in [-0.3, -0.25) is 4.79 Å². The molecule has 12 nitrogen and oxygen atoms in total. The van der Waals surface area contributed by atoms with Gasteiger partial charge in [0.15, 0.2) is 0 Å². The fourth-order valence-electron chi connectivity index (χ4n) is 5.72. The standard InChI is InChI=1S/C38H41ClN8O4S2/c1-24(44-35(48)32(43)6-2-3-15-40)38(49)51-19-18-50-29-13-9-25(10-14-29)33-30(20-41)34(47-16-4-5-17-47)46-37(31(33)21-42)53-23-28-22-52-36(45-28)26-7-11-27(39)12-8-26/h7-14,22,24,32H,2-6,15-19,23,40,43H2,1H3,(H,44,48)/t24-,32-/m0/s1. The third kappa shape index (κ3) is 10.5. The molecule has 5 N–H and O–H groups in total. The molecule has 0 radical (unpaired) electrons. The van der Waals surface area contributed by atoms with E-state index in [9.17, 15) is 20.1 Å². The third-order valence-electron chi connectivity index (χ3n) is 8.53. The molecular weight excluding hydrogens is 732 g/mol. The second kappa shape index (κ2) is 19.4. The van der Waals surface area contributed by atoms with Gasteiger partial charge >= 0.3 is 5.97 Å². The summed E-state index contributed by atoms with van der Waals surface area (Å²) in [6.07, 6.45) is 3.97. The minimum absolute atomic E-state index is 0.0369. The number of carbonyl (C=O) groups excluding carboxylic acids is 2. The number of nitrogens with zero attached hydrogens (tertiary/aromatic N) is 5. The second-order valence-corrected chi connectivity index (χ2v) is 14.6. The maximum Gasteiger partial charge on any atom is 0.328 e. The van der Waals surface area contributed by atoms with Crippen LogP contribution in [0.3, 0.4) is 0 Å². The highest BCUT2D eigenvalue weighted by Gasteiger charge is 2.27. The lowest BCUT2D eigenvalue weighted by Gasteiger charge is -2.22. The summed E-state index contributed by atoms with van der Waals surface area (Å²) in [5, 5.41) is 27.5. The van der Waals surface area contributed by atoms with E-state index in [1.165, 1.54) is 30.0 Å². The zero-order chi connectivity index (χ0) is 37.7. The molecule has 0 saturated carbocycles. The number of esters is 1. The third-order valence-corrected chi connectivity index (χ3v) is 10.7. The lowest BCUT2D eigenvalue weighted by atomic mass is 9.96. The van der Waals surface area contributed by atoms with Crippen LogP contribution in [0.25, 0.3) is 21.7 Å². The van der Waals surface area contributed by atoms with Gasteiger partial charge in [0, 0.05) is 40.4 Å². The number of hydrogen-bond acceptors (Lipinski definition) is 13. The molecule has 1 aliphatic rings. The predicted molar refractivity (Wildman–Crippen MR) is 208 cm³/mol. The van der Waals surface area contributed by atoms with Gasteiger partial charge in [-0.05, 0) is 69.0 Å². The first-order valence-electron chi connectivity index (χ1n) is 17.3. The SMILES string of the molecule is C[C@H](NC(=O)[C@@H](N)CCCCN)C(=O)OCCOc1ccc(-c2c(C#N)c(SCc3csc(-c4ccc(Cl)cc4)n3)nc(N3CCCC3)c2C#N)cc1. The van der Waals surface area contributed by atoms with Gasteiger partial charge < -0.3 is 31.2 Å². The lowest BCUT2D eigenvalue weighted by Crippen LogP contribution is -2.47. The molecule has 1 amide bonds. The highest BCUT2D eigenvalue weighted by atomic mass is 35.5. The molecule has 1 fully saturated rings. The first kappa shape index (κ1) is 39.5. The summed E-state index contributed by atoms with van der Waals surface area (Å²) in [6.45, 7) is 3.65. The molecule has 0 aliphatic carbocycles. The van der Waals surface area contributed by atoms with Gasteiger partial charge in [-0.25, -0.2) is 14.8 Å². The number of pyridine rings is 1. The van der Waals surface area contributed by atoms with Crippen LogP contribution < -0.4 is 26.4 Å². The average molecular weight is 773 g/mol. The first-order valence-corrected chi connectivity index (χ1v) is 19.6. The van der Waals surface area contributed by atoms with Crippen molar-refractivity contribution >= 4 is 52.4 Å². The quantitative estimate of drug-likeness (QED) is 0.0641. The molecule has 15 heteroatoms. The molecule has 1 saturated heterocycles. The number of aromatic nitrogens is 2. The van der Waals surface area contributed by atoms with Gasteiger partial charge in [-0.2, -0.15) is 10.5 Å². The Balaban J connectivity index is 1.26. The van der Waals surface area contributed by atoms with Gasteiger partial charge in [0.05, 0.1) is 17.3 Å². The zero-order valence-electron chi connectivity index (χ0n) is 29.3. The normalized spacial score (nSPS) is 13.5. The molecule has 2 aromatic heterocycles. The van der Waals surface area contributed by atoms with E-state index in [0.29, 0.717) is 62.6 Å². The number of anilines is 1. The minimum Gasteiger partial charge on any atom is -0.490 e. The Bertz CT molecular complexity index is 1950. The van der Waals surface area contributed by atoms with E-state index in [1.54, 1.807) is 24.3 Å². The Labute approximate surface area is 322 Å². The van der Waals surface area contributed by atoms with E-state index in [2.05, 4.69) is 22.4 Å². The number of benzene rings is 2. The fourth-order valence-corrected chi connectivity index (χ4v) is 7.65. The summed E-state index contributed by atoms with van der Waals surface area (Å²) in [5.41, 5.74) is 15.1. The van der Waals surface area contributed by atoms with Crippen molar-refractivity contribution in [2.24, 2.45) is 11.5 Å². The van der Waals surface area contributed by atoms with Crippen LogP contribution in [-0.4, -0.2) is 66.8 Å². The van der Waals surface area contributed by atoms with E-state index in [0.717, 1.165) is 55.0 Å². The van der Waals surface area contributed by atoms with Crippen LogP contribution in [0.15, 0.2) is 58.9 Å². The minimum atomic E-state index is -0.867. The number of nitriles is 2. The molecule has 0 unspecified atom stereocenters. The van der Waals surface area contributed by atoms with E-state index < -0.39 is 24.0 Å². The van der Waals surface area contributed by atoms with E-state index in [4.69, 9.17) is 42.5 Å². The van der Waals surface area contributed by atoms with Crippen molar-refractivity contribution in [1.29, 1.82) is 10.5 Å². The molecule has 0 spiro atoms. The number of nitrogens with one attached hydrogen (secondary N) is 1. The average Bonchev–Trinajstić information content (AvgIpc) is 3.89. The Hall–Kier alpha value is -4.70. The molecule has 5 rings (SSSR count). The first-order chi connectivity index (χ1) is 25.7. The number of nitrogens with two attached hydrogens (primary N) is 2. The van der Waals surface area contributed by atoms with Crippen LogP contribution in [0.1, 0.15) is 55.8 Å². The molecule has 53 heavy (non-hydrogen) atoms. The predicted octanol–water partition coefficient (Wildman–Crippen LogP) is 6.04. The van der Waals surface area contributed by atoms with E-state index >= 15 is 0 Å². The number of thiazole rings is 1. The number of halogens is 1. The van der Waals surface area contributed by atoms with Crippen molar-refractivity contribution in [2.45, 2.75) is 61.9 Å². The van der Waals surface area contributed by atoms with Gasteiger partial charge in [-0.1, -0.05) is 54.0 Å². The number of hydrogen-bond donors (Lipinski definition) is 3. The molecule has 276 valence electrons. The van der Waals surface area contributed by atoms with Crippen molar-refractivity contribution in [2.75, 3.05) is 37.7 Å². The highest BCUT2D eigenvalue weighted by Crippen LogP contribution is 2.40. The molecular formula is C38H41ClN8O4S2. The number of carbonyl (C=O) groups is 2. The number of thioether (sulfide) groups is 1. The van der Waals surface area contributed by atoms with Crippen LogP contribution in [0.5, 0.6) is 5.75 Å². The van der Waals surface area contributed by atoms with Crippen molar-refractivity contribution in [1.82, 2.24) is 15.3 Å². The van der Waals surface area contributed by atoms with Crippen LogP contribution in [-0.2, 0) is 20.1 Å². The van der Waals surface area contributed by atoms with Crippen LogP contribution in [0.2, 0.25) is 5.02 Å². The maximum absolute atomic E-state index is 12.4. The van der Waals surface area contributed by atoms with E-state index in [-0.39, 0.29) is 13.2 Å². The van der Waals surface area contributed by atoms with Gasteiger partial charge in [0.25, 0.3) is 0 Å². The zero-order valence-corrected chi connectivity index (χ0v) is 31.7. The fraction of sp³-hybridized carbons (Fsp3) is 0.368. The number of ether oxygens (including phenoxy) is 2. The van der Waals surface area contributed by atoms with Gasteiger partial charge in [-0.15, -0.1) is 11.3 Å². The Morgan fingerprint density at radius 1 is 1.02 bits per heavy atom. The van der Waals surface area contributed by atoms with Crippen LogP contribution >= 0.6 is 34.7 Å². The van der Waals surface area contributed by atoms with E-state index in [1.807, 2.05) is 29.6 Å². The largest absolute Gasteiger partial charge is 0.490 e. The molecule has 1 aliphatic heterocycles. The number of unbranched alkanes of at least 4 members (excludes halogenated alkanes) is 1. The highest BCUT2D eigenvalue weighted by molar-refractivity contribution is 7.98. The molecule has 4 aromatic rings. The monoisotopic (exact) mass is 772 g/mol. The summed E-state index contributed by atoms with van der Waals surface area (Å²) in [7, 11) is 0. The summed E-state index contributed by atoms with van der Waals surface area (Å²) >= 11 is 9.01. The number of rotatable bonds is 17. The Morgan fingerprint density at radius 3 is 2.40 bits per heavy atom. The Kier molecular flexibility index (Phi) is 14.5. The second-order valence-electron chi connectivity index (χ2n) is 12.4. The van der Waals surface area contributed by atoms with Crippen molar-refractivity contribution in [3.8, 4) is 39.6 Å². The maximum atomic E-state index is 12.4. The van der Waals surface area contributed by atoms with Gasteiger partial charge in [0.1, 0.15) is 58.6 Å². The van der Waals surface area contributed by atoms with Crippen LogP contribution in [0, 0.1) is 22.7 Å². The molecule has 0 bridgehead atoms.